The molecule has 104 valence electrons. The third kappa shape index (κ3) is 2.81. The maximum Gasteiger partial charge on any atom is 0.309 e. The molecule has 2 fully saturated rings. The number of rotatable bonds is 4. The van der Waals surface area contributed by atoms with Gasteiger partial charge in [-0.25, -0.2) is 0 Å². The molecule has 19 heavy (non-hydrogen) atoms. The molecule has 2 aliphatic rings. The number of likely N-dealkylation sites (tertiary alicyclic amines) is 1. The summed E-state index contributed by atoms with van der Waals surface area (Å²) < 4.78 is 2.11. The summed E-state index contributed by atoms with van der Waals surface area (Å²) in [5, 5.41) is 13.5. The van der Waals surface area contributed by atoms with E-state index in [1.54, 1.807) is 0 Å². The van der Waals surface area contributed by atoms with E-state index >= 15 is 0 Å². The highest BCUT2D eigenvalue weighted by Gasteiger charge is 2.32. The summed E-state index contributed by atoms with van der Waals surface area (Å²) in [6, 6.07) is 2.65. The van der Waals surface area contributed by atoms with Gasteiger partial charge in [0.05, 0.1) is 17.7 Å². The van der Waals surface area contributed by atoms with E-state index < -0.39 is 5.97 Å². The molecule has 5 nitrogen and oxygen atoms in total. The van der Waals surface area contributed by atoms with Crippen LogP contribution in [-0.2, 0) is 11.3 Å². The first-order valence-electron chi connectivity index (χ1n) is 7.21. The highest BCUT2D eigenvalue weighted by atomic mass is 16.4. The van der Waals surface area contributed by atoms with Crippen LogP contribution in [0.25, 0.3) is 0 Å². The number of aromatic nitrogens is 2. The summed E-state index contributed by atoms with van der Waals surface area (Å²) in [5.74, 6) is -0.857. The molecule has 1 saturated carbocycles. The Morgan fingerprint density at radius 2 is 2.05 bits per heavy atom. The van der Waals surface area contributed by atoms with Crippen LogP contribution in [0.15, 0.2) is 12.3 Å². The summed E-state index contributed by atoms with van der Waals surface area (Å²) in [6.45, 7) is 2.10. The van der Waals surface area contributed by atoms with Gasteiger partial charge in [0.25, 0.3) is 0 Å². The van der Waals surface area contributed by atoms with Crippen LogP contribution in [0, 0.1) is 5.92 Å². The molecule has 0 amide bonds. The predicted octanol–water partition coefficient (Wildman–Crippen LogP) is 1.90. The number of hydrogen-bond acceptors (Lipinski definition) is 3. The highest BCUT2D eigenvalue weighted by Crippen LogP contribution is 2.27. The summed E-state index contributed by atoms with van der Waals surface area (Å²) >= 11 is 0. The highest BCUT2D eigenvalue weighted by molar-refractivity contribution is 5.71. The summed E-state index contributed by atoms with van der Waals surface area (Å²) in [6.07, 6.45) is 8.55. The Kier molecular flexibility index (Phi) is 3.55. The minimum atomic E-state index is -0.677. The van der Waals surface area contributed by atoms with Crippen molar-refractivity contribution in [1.82, 2.24) is 14.7 Å². The van der Waals surface area contributed by atoms with E-state index in [0.29, 0.717) is 19.1 Å². The van der Waals surface area contributed by atoms with Gasteiger partial charge in [-0.15, -0.1) is 0 Å². The van der Waals surface area contributed by atoms with Crippen LogP contribution < -0.4 is 0 Å². The van der Waals surface area contributed by atoms with Gasteiger partial charge in [0, 0.05) is 25.8 Å². The summed E-state index contributed by atoms with van der Waals surface area (Å²) in [4.78, 5) is 12.9. The van der Waals surface area contributed by atoms with Gasteiger partial charge in [-0.3, -0.25) is 14.4 Å². The number of carbonyl (C=O) groups is 1. The molecule has 1 N–H and O–H groups in total. The van der Waals surface area contributed by atoms with Crippen LogP contribution in [0.5, 0.6) is 0 Å². The zero-order valence-corrected chi connectivity index (χ0v) is 11.2. The predicted molar refractivity (Wildman–Crippen MR) is 70.8 cm³/mol. The fourth-order valence-corrected chi connectivity index (χ4v) is 3.09. The van der Waals surface area contributed by atoms with Crippen molar-refractivity contribution in [2.24, 2.45) is 5.92 Å². The first kappa shape index (κ1) is 12.7. The summed E-state index contributed by atoms with van der Waals surface area (Å²) in [5.41, 5.74) is 1.06. The van der Waals surface area contributed by atoms with Gasteiger partial charge < -0.3 is 5.11 Å². The van der Waals surface area contributed by atoms with E-state index in [2.05, 4.69) is 26.9 Å². The van der Waals surface area contributed by atoms with Crippen molar-refractivity contribution in [3.63, 3.8) is 0 Å². The first-order chi connectivity index (χ1) is 9.22. The molecule has 1 saturated heterocycles. The third-order valence-corrected chi connectivity index (χ3v) is 4.30. The average molecular weight is 263 g/mol. The van der Waals surface area contributed by atoms with E-state index in [9.17, 15) is 4.79 Å². The Balaban J connectivity index is 1.52. The van der Waals surface area contributed by atoms with E-state index in [1.165, 1.54) is 32.1 Å². The van der Waals surface area contributed by atoms with Crippen LogP contribution in [0.4, 0.5) is 0 Å². The Bertz CT molecular complexity index is 445. The normalized spacial score (nSPS) is 22.3. The van der Waals surface area contributed by atoms with Gasteiger partial charge >= 0.3 is 5.97 Å². The Morgan fingerprint density at radius 3 is 2.74 bits per heavy atom. The molecule has 1 aromatic rings. The Labute approximate surface area is 113 Å². The van der Waals surface area contributed by atoms with Crippen LogP contribution in [-0.4, -0.2) is 38.8 Å². The van der Waals surface area contributed by atoms with E-state index in [1.807, 2.05) is 0 Å². The Hall–Kier alpha value is -1.36. The maximum atomic E-state index is 10.7. The maximum absolute atomic E-state index is 10.7. The number of aliphatic carboxylic acids is 1. The van der Waals surface area contributed by atoms with Gasteiger partial charge in [0.1, 0.15) is 0 Å². The van der Waals surface area contributed by atoms with Crippen molar-refractivity contribution in [3.8, 4) is 0 Å². The topological polar surface area (TPSA) is 58.4 Å². The third-order valence-electron chi connectivity index (χ3n) is 4.30. The van der Waals surface area contributed by atoms with Crippen molar-refractivity contribution in [3.05, 3.63) is 18.0 Å². The van der Waals surface area contributed by atoms with Crippen molar-refractivity contribution in [1.29, 1.82) is 0 Å². The standard InChI is InChI=1S/C14H21N3O2/c18-14(19)11-8-16(9-11)10-12-6-7-17(15-12)13-4-2-1-3-5-13/h6-7,11,13H,1-5,8-10H2,(H,18,19). The fraction of sp³-hybridized carbons (Fsp3) is 0.714. The average Bonchev–Trinajstić information content (AvgIpc) is 2.82. The molecule has 1 aliphatic carbocycles. The SMILES string of the molecule is O=C(O)C1CN(Cc2ccn(C3CCCCC3)n2)C1. The monoisotopic (exact) mass is 263 g/mol. The number of carboxylic acid groups (broad SMARTS) is 1. The second-order valence-electron chi connectivity index (χ2n) is 5.81. The van der Waals surface area contributed by atoms with E-state index in [4.69, 9.17) is 5.11 Å². The lowest BCUT2D eigenvalue weighted by atomic mass is 9.96. The van der Waals surface area contributed by atoms with Gasteiger partial charge in [0.2, 0.25) is 0 Å². The second kappa shape index (κ2) is 5.33. The summed E-state index contributed by atoms with van der Waals surface area (Å²) in [7, 11) is 0. The van der Waals surface area contributed by atoms with Crippen LogP contribution in [0.3, 0.4) is 0 Å². The van der Waals surface area contributed by atoms with E-state index in [-0.39, 0.29) is 5.92 Å². The van der Waals surface area contributed by atoms with Crippen molar-refractivity contribution >= 4 is 5.97 Å². The second-order valence-corrected chi connectivity index (χ2v) is 5.81. The van der Waals surface area contributed by atoms with Gasteiger partial charge in [-0.2, -0.15) is 5.10 Å². The molecule has 0 atom stereocenters. The first-order valence-corrected chi connectivity index (χ1v) is 7.21. The van der Waals surface area contributed by atoms with Crippen LogP contribution in [0.1, 0.15) is 43.8 Å². The smallest absolute Gasteiger partial charge is 0.309 e. The molecule has 0 radical (unpaired) electrons. The molecule has 0 aromatic carbocycles. The molecular formula is C14H21N3O2. The zero-order valence-electron chi connectivity index (χ0n) is 11.2. The molecule has 1 aliphatic heterocycles. The molecule has 5 heteroatoms. The lowest BCUT2D eigenvalue weighted by Gasteiger charge is -2.35. The molecule has 2 heterocycles. The van der Waals surface area contributed by atoms with E-state index in [0.717, 1.165) is 12.2 Å². The van der Waals surface area contributed by atoms with Crippen molar-refractivity contribution in [2.75, 3.05) is 13.1 Å². The molecule has 0 bridgehead atoms. The zero-order chi connectivity index (χ0) is 13.2. The molecule has 1 aromatic heterocycles. The largest absolute Gasteiger partial charge is 0.481 e. The van der Waals surface area contributed by atoms with Crippen LogP contribution >= 0.6 is 0 Å². The number of nitrogens with zero attached hydrogens (tertiary/aromatic N) is 3. The molecular weight excluding hydrogens is 242 g/mol. The number of hydrogen-bond donors (Lipinski definition) is 1. The van der Waals surface area contributed by atoms with Crippen LogP contribution in [0.2, 0.25) is 0 Å². The minimum Gasteiger partial charge on any atom is -0.481 e. The quantitative estimate of drug-likeness (QED) is 0.901. The van der Waals surface area contributed by atoms with Crippen molar-refractivity contribution in [2.45, 2.75) is 44.7 Å². The minimum absolute atomic E-state index is 0.180. The lowest BCUT2D eigenvalue weighted by Crippen LogP contribution is -2.49. The van der Waals surface area contributed by atoms with Gasteiger partial charge in [0.15, 0.2) is 0 Å². The lowest BCUT2D eigenvalue weighted by molar-refractivity contribution is -0.147. The molecule has 0 spiro atoms. The number of carboxylic acids is 1. The molecule has 0 unspecified atom stereocenters. The van der Waals surface area contributed by atoms with Gasteiger partial charge in [-0.1, -0.05) is 19.3 Å². The Morgan fingerprint density at radius 1 is 1.32 bits per heavy atom. The van der Waals surface area contributed by atoms with Crippen molar-refractivity contribution < 1.29 is 9.90 Å². The molecule has 3 rings (SSSR count). The fourth-order valence-electron chi connectivity index (χ4n) is 3.09. The van der Waals surface area contributed by atoms with Gasteiger partial charge in [-0.05, 0) is 18.9 Å².